The van der Waals surface area contributed by atoms with E-state index in [9.17, 15) is 14.4 Å². The summed E-state index contributed by atoms with van der Waals surface area (Å²) in [6.45, 7) is 6.55. The maximum atomic E-state index is 12.8. The van der Waals surface area contributed by atoms with Crippen molar-refractivity contribution < 1.29 is 28.6 Å². The van der Waals surface area contributed by atoms with Gasteiger partial charge in [0.05, 0.1) is 0 Å². The molecule has 0 radical (unpaired) electrons. The van der Waals surface area contributed by atoms with Crippen LogP contribution in [-0.4, -0.2) is 37.2 Å². The van der Waals surface area contributed by atoms with Gasteiger partial charge in [0.1, 0.15) is 13.2 Å². The smallest absolute Gasteiger partial charge is 0.306 e. The molecule has 0 aromatic carbocycles. The van der Waals surface area contributed by atoms with Crippen molar-refractivity contribution in [3.05, 3.63) is 60.8 Å². The summed E-state index contributed by atoms with van der Waals surface area (Å²) in [7, 11) is 0. The Labute approximate surface area is 377 Å². The minimum atomic E-state index is -0.788. The molecule has 0 rings (SSSR count). The minimum absolute atomic E-state index is 0.0858. The first-order chi connectivity index (χ1) is 30.0. The molecule has 61 heavy (non-hydrogen) atoms. The Kier molecular flexibility index (Phi) is 47.4. The lowest BCUT2D eigenvalue weighted by Gasteiger charge is -2.18. The summed E-state index contributed by atoms with van der Waals surface area (Å²) in [6.07, 6.45) is 60.5. The third-order valence-corrected chi connectivity index (χ3v) is 11.0. The van der Waals surface area contributed by atoms with Crippen molar-refractivity contribution in [2.24, 2.45) is 0 Å². The van der Waals surface area contributed by atoms with Crippen molar-refractivity contribution in [3.8, 4) is 0 Å². The Bertz CT molecular complexity index is 1120. The van der Waals surface area contributed by atoms with Gasteiger partial charge in [0.25, 0.3) is 0 Å². The van der Waals surface area contributed by atoms with E-state index in [-0.39, 0.29) is 31.1 Å². The average molecular weight is 853 g/mol. The van der Waals surface area contributed by atoms with Crippen LogP contribution in [-0.2, 0) is 28.6 Å². The largest absolute Gasteiger partial charge is 0.462 e. The Morgan fingerprint density at radius 1 is 0.328 bits per heavy atom. The molecular formula is C55H96O6. The van der Waals surface area contributed by atoms with Crippen molar-refractivity contribution in [3.63, 3.8) is 0 Å². The zero-order valence-electron chi connectivity index (χ0n) is 40.2. The van der Waals surface area contributed by atoms with Crippen LogP contribution in [0.2, 0.25) is 0 Å². The maximum Gasteiger partial charge on any atom is 0.306 e. The summed E-state index contributed by atoms with van der Waals surface area (Å²) in [5.41, 5.74) is 0. The van der Waals surface area contributed by atoms with E-state index >= 15 is 0 Å². The van der Waals surface area contributed by atoms with Crippen LogP contribution in [0.15, 0.2) is 60.8 Å². The lowest BCUT2D eigenvalue weighted by atomic mass is 10.1. The second-order valence-corrected chi connectivity index (χ2v) is 17.1. The Balaban J connectivity index is 4.42. The maximum absolute atomic E-state index is 12.8. The number of ether oxygens (including phenoxy) is 3. The van der Waals surface area contributed by atoms with E-state index in [0.717, 1.165) is 109 Å². The van der Waals surface area contributed by atoms with Gasteiger partial charge < -0.3 is 14.2 Å². The number of carbonyl (C=O) groups is 3. The first-order valence-electron chi connectivity index (χ1n) is 25.8. The number of allylic oxidation sites excluding steroid dienone is 10. The van der Waals surface area contributed by atoms with Crippen LogP contribution in [0.25, 0.3) is 0 Å². The molecule has 0 aliphatic rings. The van der Waals surface area contributed by atoms with Crippen molar-refractivity contribution in [1.82, 2.24) is 0 Å². The summed E-state index contributed by atoms with van der Waals surface area (Å²) in [5.74, 6) is -0.919. The van der Waals surface area contributed by atoms with E-state index in [1.807, 2.05) is 0 Å². The standard InChI is InChI=1S/C55H96O6/c1-4-7-10-13-16-19-22-24-26-27-29-30-33-36-39-42-45-48-54(57)60-51-52(50-59-53(56)47-44-41-38-35-32-21-18-15-12-9-6-3)61-55(58)49-46-43-40-37-34-31-28-25-23-20-17-14-11-8-5-2/h16-17,19-20,24-26,28-30,52H,4-15,18,21-23,27,31-51H2,1-3H3/b19-16-,20-17-,26-24-,28-25-,30-29-/t52-/m0/s1. The van der Waals surface area contributed by atoms with Crippen LogP contribution in [0.1, 0.15) is 252 Å². The SMILES string of the molecule is CCCCC/C=C\C/C=C\C/C=C\CCCCCCC(=O)OC[C@H](COC(=O)CCCCCCCCCCCCC)OC(=O)CCCCCCC/C=C\C/C=C\CCCCC. The summed E-state index contributed by atoms with van der Waals surface area (Å²) >= 11 is 0. The number of esters is 3. The fraction of sp³-hybridized carbons (Fsp3) is 0.764. The molecule has 352 valence electrons. The molecule has 0 saturated heterocycles. The van der Waals surface area contributed by atoms with Gasteiger partial charge >= 0.3 is 17.9 Å². The highest BCUT2D eigenvalue weighted by molar-refractivity contribution is 5.71. The van der Waals surface area contributed by atoms with Gasteiger partial charge in [-0.2, -0.15) is 0 Å². The zero-order valence-corrected chi connectivity index (χ0v) is 40.2. The third-order valence-electron chi connectivity index (χ3n) is 11.0. The first kappa shape index (κ1) is 58.1. The Morgan fingerprint density at radius 2 is 0.590 bits per heavy atom. The number of carbonyl (C=O) groups excluding carboxylic acids is 3. The van der Waals surface area contributed by atoms with Crippen LogP contribution >= 0.6 is 0 Å². The number of hydrogen-bond acceptors (Lipinski definition) is 6. The topological polar surface area (TPSA) is 78.9 Å². The molecule has 0 aromatic rings. The van der Waals surface area contributed by atoms with Crippen LogP contribution in [0.4, 0.5) is 0 Å². The minimum Gasteiger partial charge on any atom is -0.462 e. The van der Waals surface area contributed by atoms with Gasteiger partial charge in [0, 0.05) is 19.3 Å². The second kappa shape index (κ2) is 49.8. The normalized spacial score (nSPS) is 12.5. The number of rotatable bonds is 46. The lowest BCUT2D eigenvalue weighted by molar-refractivity contribution is -0.167. The highest BCUT2D eigenvalue weighted by Gasteiger charge is 2.19. The predicted octanol–water partition coefficient (Wildman–Crippen LogP) is 16.9. The lowest BCUT2D eigenvalue weighted by Crippen LogP contribution is -2.30. The van der Waals surface area contributed by atoms with Gasteiger partial charge in [0.15, 0.2) is 6.10 Å². The molecule has 0 aliphatic heterocycles. The van der Waals surface area contributed by atoms with E-state index in [1.54, 1.807) is 0 Å². The summed E-state index contributed by atoms with van der Waals surface area (Å²) in [5, 5.41) is 0. The molecular weight excluding hydrogens is 757 g/mol. The number of unbranched alkanes of at least 4 members (excludes halogenated alkanes) is 25. The van der Waals surface area contributed by atoms with Gasteiger partial charge in [-0.05, 0) is 89.9 Å². The molecule has 0 saturated carbocycles. The van der Waals surface area contributed by atoms with Gasteiger partial charge in [-0.15, -0.1) is 0 Å². The summed E-state index contributed by atoms with van der Waals surface area (Å²) < 4.78 is 16.8. The van der Waals surface area contributed by atoms with E-state index in [4.69, 9.17) is 14.2 Å². The van der Waals surface area contributed by atoms with Gasteiger partial charge in [0.2, 0.25) is 0 Å². The number of hydrogen-bond donors (Lipinski definition) is 0. The van der Waals surface area contributed by atoms with E-state index in [2.05, 4.69) is 81.5 Å². The Morgan fingerprint density at radius 3 is 0.951 bits per heavy atom. The van der Waals surface area contributed by atoms with Crippen molar-refractivity contribution in [2.75, 3.05) is 13.2 Å². The first-order valence-corrected chi connectivity index (χ1v) is 25.8. The van der Waals surface area contributed by atoms with Gasteiger partial charge in [-0.1, -0.05) is 204 Å². The average Bonchev–Trinajstić information content (AvgIpc) is 3.26. The highest BCUT2D eigenvalue weighted by Crippen LogP contribution is 2.14. The van der Waals surface area contributed by atoms with Crippen LogP contribution < -0.4 is 0 Å². The van der Waals surface area contributed by atoms with E-state index < -0.39 is 6.10 Å². The summed E-state index contributed by atoms with van der Waals surface area (Å²) in [6, 6.07) is 0. The molecule has 1 atom stereocenters. The van der Waals surface area contributed by atoms with Crippen molar-refractivity contribution in [1.29, 1.82) is 0 Å². The van der Waals surface area contributed by atoms with Crippen molar-refractivity contribution in [2.45, 2.75) is 258 Å². The molecule has 0 heterocycles. The van der Waals surface area contributed by atoms with Gasteiger partial charge in [-0.25, -0.2) is 0 Å². The fourth-order valence-corrected chi connectivity index (χ4v) is 7.07. The molecule has 0 spiro atoms. The van der Waals surface area contributed by atoms with Crippen LogP contribution in [0.5, 0.6) is 0 Å². The molecule has 0 unspecified atom stereocenters. The zero-order chi connectivity index (χ0) is 44.4. The monoisotopic (exact) mass is 853 g/mol. The predicted molar refractivity (Wildman–Crippen MR) is 261 cm³/mol. The molecule has 0 fully saturated rings. The van der Waals surface area contributed by atoms with E-state index in [0.29, 0.717) is 19.3 Å². The third kappa shape index (κ3) is 48.0. The molecule has 6 nitrogen and oxygen atoms in total. The summed E-state index contributed by atoms with van der Waals surface area (Å²) in [4.78, 5) is 37.9. The molecule has 0 N–H and O–H groups in total. The molecule has 0 bridgehead atoms. The molecule has 0 amide bonds. The van der Waals surface area contributed by atoms with Gasteiger partial charge in [-0.3, -0.25) is 14.4 Å². The second-order valence-electron chi connectivity index (χ2n) is 17.1. The van der Waals surface area contributed by atoms with Crippen LogP contribution in [0.3, 0.4) is 0 Å². The van der Waals surface area contributed by atoms with Crippen molar-refractivity contribution >= 4 is 17.9 Å². The highest BCUT2D eigenvalue weighted by atomic mass is 16.6. The molecule has 0 aromatic heterocycles. The molecule has 6 heteroatoms. The van der Waals surface area contributed by atoms with Crippen LogP contribution in [0, 0.1) is 0 Å². The quantitative estimate of drug-likeness (QED) is 0.0263. The van der Waals surface area contributed by atoms with E-state index in [1.165, 1.54) is 103 Å². The molecule has 0 aliphatic carbocycles. The Hall–Kier alpha value is -2.89. The fourth-order valence-electron chi connectivity index (χ4n) is 7.07.